The van der Waals surface area contributed by atoms with Gasteiger partial charge in [-0.25, -0.2) is 4.79 Å². The fourth-order valence-corrected chi connectivity index (χ4v) is 1.19. The highest BCUT2D eigenvalue weighted by molar-refractivity contribution is 5.89. The molecule has 0 aliphatic rings. The van der Waals surface area contributed by atoms with Gasteiger partial charge in [0.05, 0.1) is 12.2 Å². The Hall–Kier alpha value is -1.68. The summed E-state index contributed by atoms with van der Waals surface area (Å²) in [4.78, 5) is 15.4. The Morgan fingerprint density at radius 2 is 2.38 bits per heavy atom. The normalized spacial score (nSPS) is 10.6. The molecule has 1 aromatic rings. The van der Waals surface area contributed by atoms with Crippen LogP contribution in [0.1, 0.15) is 29.3 Å². The summed E-state index contributed by atoms with van der Waals surface area (Å²) in [6, 6.07) is 1.75. The number of nitrogens with two attached hydrogens (primary N) is 1. The Morgan fingerprint density at radius 3 is 3.06 bits per heavy atom. The van der Waals surface area contributed by atoms with E-state index >= 15 is 0 Å². The van der Waals surface area contributed by atoms with E-state index in [-0.39, 0.29) is 5.97 Å². The lowest BCUT2D eigenvalue weighted by atomic mass is 10.2. The molecular weight excluding hydrogens is 204 g/mol. The fourth-order valence-electron chi connectivity index (χ4n) is 1.19. The Balaban J connectivity index is 2.74. The number of ether oxygens (including phenoxy) is 1. The monoisotopic (exact) mass is 220 g/mol. The van der Waals surface area contributed by atoms with Gasteiger partial charge in [0.25, 0.3) is 0 Å². The highest BCUT2D eigenvalue weighted by atomic mass is 16.5. The van der Waals surface area contributed by atoms with E-state index in [0.717, 1.165) is 12.0 Å². The van der Waals surface area contributed by atoms with Crippen molar-refractivity contribution in [2.24, 2.45) is 5.73 Å². The van der Waals surface area contributed by atoms with Crippen molar-refractivity contribution in [2.75, 3.05) is 13.2 Å². The Morgan fingerprint density at radius 1 is 1.56 bits per heavy atom. The van der Waals surface area contributed by atoms with Crippen molar-refractivity contribution < 1.29 is 9.53 Å². The average Bonchev–Trinajstić information content (AvgIpc) is 2.30. The topological polar surface area (TPSA) is 65.2 Å². The molecule has 2 N–H and O–H groups in total. The van der Waals surface area contributed by atoms with Crippen LogP contribution in [-0.2, 0) is 4.74 Å². The van der Waals surface area contributed by atoms with Crippen molar-refractivity contribution in [3.8, 4) is 0 Å². The smallest absolute Gasteiger partial charge is 0.339 e. The second-order valence-corrected chi connectivity index (χ2v) is 3.21. The van der Waals surface area contributed by atoms with Crippen LogP contribution < -0.4 is 5.73 Å². The summed E-state index contributed by atoms with van der Waals surface area (Å²) < 4.78 is 4.89. The summed E-state index contributed by atoms with van der Waals surface area (Å²) in [6.45, 7) is 2.75. The summed E-state index contributed by atoms with van der Waals surface area (Å²) >= 11 is 0. The number of aromatic nitrogens is 1. The van der Waals surface area contributed by atoms with Crippen molar-refractivity contribution in [1.82, 2.24) is 4.98 Å². The number of carbonyl (C=O) groups is 1. The van der Waals surface area contributed by atoms with E-state index in [2.05, 4.69) is 4.98 Å². The summed E-state index contributed by atoms with van der Waals surface area (Å²) in [6.07, 6.45) is 7.84. The van der Waals surface area contributed by atoms with Crippen molar-refractivity contribution in [3.63, 3.8) is 0 Å². The second-order valence-electron chi connectivity index (χ2n) is 3.21. The van der Waals surface area contributed by atoms with Gasteiger partial charge in [0, 0.05) is 12.4 Å². The van der Waals surface area contributed by atoms with Crippen LogP contribution in [0.3, 0.4) is 0 Å². The molecule has 1 aromatic heterocycles. The van der Waals surface area contributed by atoms with Crippen LogP contribution >= 0.6 is 0 Å². The van der Waals surface area contributed by atoms with Gasteiger partial charge < -0.3 is 10.5 Å². The zero-order valence-corrected chi connectivity index (χ0v) is 9.35. The van der Waals surface area contributed by atoms with Gasteiger partial charge in [0.15, 0.2) is 0 Å². The number of rotatable bonds is 5. The maximum atomic E-state index is 11.4. The fraction of sp³-hybridized carbons (Fsp3) is 0.333. The molecule has 0 aliphatic heterocycles. The van der Waals surface area contributed by atoms with Gasteiger partial charge in [0.1, 0.15) is 0 Å². The van der Waals surface area contributed by atoms with Gasteiger partial charge in [0.2, 0.25) is 0 Å². The van der Waals surface area contributed by atoms with E-state index in [0.29, 0.717) is 18.7 Å². The van der Waals surface area contributed by atoms with Gasteiger partial charge in [-0.3, -0.25) is 4.98 Å². The number of esters is 1. The molecule has 0 unspecified atom stereocenters. The number of hydrogen-bond donors (Lipinski definition) is 1. The largest absolute Gasteiger partial charge is 0.462 e. The molecule has 4 heteroatoms. The molecule has 0 atom stereocenters. The van der Waals surface area contributed by atoms with Gasteiger partial charge in [-0.15, -0.1) is 0 Å². The molecular formula is C12H16N2O2. The van der Waals surface area contributed by atoms with Gasteiger partial charge in [-0.05, 0) is 31.5 Å². The molecule has 0 saturated heterocycles. The Kier molecular flexibility index (Phi) is 5.22. The molecule has 1 rings (SSSR count). The Bertz CT molecular complexity index is 375. The SMILES string of the molecule is CCOC(=O)c1cncc(C=CCCN)c1. The zero-order chi connectivity index (χ0) is 11.8. The van der Waals surface area contributed by atoms with E-state index < -0.39 is 0 Å². The first-order valence-electron chi connectivity index (χ1n) is 5.26. The van der Waals surface area contributed by atoms with Gasteiger partial charge >= 0.3 is 5.97 Å². The summed E-state index contributed by atoms with van der Waals surface area (Å²) in [5.41, 5.74) is 6.71. The lowest BCUT2D eigenvalue weighted by Crippen LogP contribution is -2.05. The lowest BCUT2D eigenvalue weighted by molar-refractivity contribution is 0.0526. The zero-order valence-electron chi connectivity index (χ0n) is 9.35. The molecule has 0 aliphatic carbocycles. The van der Waals surface area contributed by atoms with Gasteiger partial charge in [-0.1, -0.05) is 12.2 Å². The molecule has 1 heterocycles. The summed E-state index contributed by atoms with van der Waals surface area (Å²) in [5.74, 6) is -0.343. The lowest BCUT2D eigenvalue weighted by Gasteiger charge is -2.01. The van der Waals surface area contributed by atoms with E-state index in [9.17, 15) is 4.79 Å². The molecule has 0 saturated carbocycles. The van der Waals surface area contributed by atoms with E-state index in [4.69, 9.17) is 10.5 Å². The quantitative estimate of drug-likeness (QED) is 0.766. The predicted molar refractivity (Wildman–Crippen MR) is 62.9 cm³/mol. The molecule has 0 fully saturated rings. The van der Waals surface area contributed by atoms with Crippen molar-refractivity contribution in [3.05, 3.63) is 35.7 Å². The maximum absolute atomic E-state index is 11.4. The first-order valence-corrected chi connectivity index (χ1v) is 5.26. The molecule has 0 aromatic carbocycles. The van der Waals surface area contributed by atoms with Crippen LogP contribution in [0.5, 0.6) is 0 Å². The van der Waals surface area contributed by atoms with Crippen molar-refractivity contribution >= 4 is 12.0 Å². The highest BCUT2D eigenvalue weighted by Gasteiger charge is 2.06. The molecule has 86 valence electrons. The van der Waals surface area contributed by atoms with Crippen LogP contribution in [0, 0.1) is 0 Å². The minimum Gasteiger partial charge on any atom is -0.462 e. The second kappa shape index (κ2) is 6.74. The molecule has 0 radical (unpaired) electrons. The minimum atomic E-state index is -0.343. The summed E-state index contributed by atoms with van der Waals surface area (Å²) in [5, 5.41) is 0. The number of nitrogens with zero attached hydrogens (tertiary/aromatic N) is 1. The molecule has 0 spiro atoms. The number of pyridine rings is 1. The number of carbonyl (C=O) groups excluding carboxylic acids is 1. The third kappa shape index (κ3) is 3.82. The first kappa shape index (κ1) is 12.4. The maximum Gasteiger partial charge on any atom is 0.339 e. The van der Waals surface area contributed by atoms with Crippen molar-refractivity contribution in [2.45, 2.75) is 13.3 Å². The van der Waals surface area contributed by atoms with Crippen molar-refractivity contribution in [1.29, 1.82) is 0 Å². The molecule has 4 nitrogen and oxygen atoms in total. The molecule has 0 bridgehead atoms. The first-order chi connectivity index (χ1) is 7.77. The van der Waals surface area contributed by atoms with Crippen LogP contribution in [0.4, 0.5) is 0 Å². The average molecular weight is 220 g/mol. The van der Waals surface area contributed by atoms with Crippen LogP contribution in [0.2, 0.25) is 0 Å². The van der Waals surface area contributed by atoms with Crippen LogP contribution in [0.15, 0.2) is 24.5 Å². The third-order valence-electron chi connectivity index (χ3n) is 1.91. The molecule has 16 heavy (non-hydrogen) atoms. The van der Waals surface area contributed by atoms with E-state index in [1.54, 1.807) is 19.2 Å². The standard InChI is InChI=1S/C12H16N2O2/c1-2-16-12(15)11-7-10(8-14-9-11)5-3-4-6-13/h3,5,7-9H,2,4,6,13H2,1H3. The van der Waals surface area contributed by atoms with Gasteiger partial charge in [-0.2, -0.15) is 0 Å². The highest BCUT2D eigenvalue weighted by Crippen LogP contribution is 2.06. The number of hydrogen-bond acceptors (Lipinski definition) is 4. The van der Waals surface area contributed by atoms with Crippen LogP contribution in [0.25, 0.3) is 6.08 Å². The molecule has 0 amide bonds. The van der Waals surface area contributed by atoms with E-state index in [1.807, 2.05) is 12.2 Å². The Labute approximate surface area is 95.1 Å². The van der Waals surface area contributed by atoms with E-state index in [1.165, 1.54) is 6.20 Å². The third-order valence-corrected chi connectivity index (χ3v) is 1.91. The van der Waals surface area contributed by atoms with Crippen LogP contribution in [-0.4, -0.2) is 24.1 Å². The predicted octanol–water partition coefficient (Wildman–Crippen LogP) is 1.62. The minimum absolute atomic E-state index is 0.343. The summed E-state index contributed by atoms with van der Waals surface area (Å²) in [7, 11) is 0.